The molecule has 8 nitrogen and oxygen atoms in total. The number of unbranched alkanes of at least 4 members (excludes halogenated alkanes) is 2. The van der Waals surface area contributed by atoms with Crippen LogP contribution in [0.2, 0.25) is 5.15 Å². The van der Waals surface area contributed by atoms with E-state index in [0.717, 1.165) is 105 Å². The number of piperazine rings is 1. The normalized spacial score (nSPS) is 13.7. The van der Waals surface area contributed by atoms with Gasteiger partial charge in [0.25, 0.3) is 0 Å². The summed E-state index contributed by atoms with van der Waals surface area (Å²) in [5.41, 5.74) is 5.23. The zero-order chi connectivity index (χ0) is 32.3. The molecule has 0 aliphatic carbocycles. The van der Waals surface area contributed by atoms with E-state index < -0.39 is 5.97 Å². The van der Waals surface area contributed by atoms with Crippen LogP contribution < -0.4 is 15.0 Å². The Kier molecular flexibility index (Phi) is 12.1. The molecule has 3 aromatic carbocycles. The topological polar surface area (TPSA) is 82.9 Å². The van der Waals surface area contributed by atoms with E-state index in [2.05, 4.69) is 50.9 Å². The minimum atomic E-state index is -0.923. The number of ether oxygens (including phenoxy) is 1. The largest absolute Gasteiger partial charge is 0.495 e. The number of imidazole rings is 1. The first kappa shape index (κ1) is 33.5. The Balaban J connectivity index is 1.13. The molecule has 1 aromatic heterocycles. The van der Waals surface area contributed by atoms with Crippen molar-refractivity contribution in [2.45, 2.75) is 52.1 Å². The number of nitrogens with zero attached hydrogens (tertiary/aromatic N) is 4. The second-order valence-corrected chi connectivity index (χ2v) is 12.2. The van der Waals surface area contributed by atoms with Crippen molar-refractivity contribution in [3.8, 4) is 16.9 Å². The number of para-hydroxylation sites is 2. The molecule has 1 fully saturated rings. The number of aryl methyl sites for hydroxylation is 1. The van der Waals surface area contributed by atoms with Gasteiger partial charge in [-0.15, -0.1) is 0 Å². The first-order chi connectivity index (χ1) is 22.5. The van der Waals surface area contributed by atoms with Crippen LogP contribution in [0.3, 0.4) is 0 Å². The Morgan fingerprint density at radius 3 is 2.43 bits per heavy atom. The third kappa shape index (κ3) is 8.49. The number of hydrogen-bond acceptors (Lipinski definition) is 6. The number of anilines is 1. The highest BCUT2D eigenvalue weighted by atomic mass is 35.5. The Hall–Kier alpha value is -3.85. The van der Waals surface area contributed by atoms with E-state index in [1.54, 1.807) is 19.2 Å². The molecule has 1 aliphatic heterocycles. The first-order valence-electron chi connectivity index (χ1n) is 16.4. The molecule has 46 heavy (non-hydrogen) atoms. The van der Waals surface area contributed by atoms with Gasteiger partial charge >= 0.3 is 5.97 Å². The molecule has 0 radical (unpaired) electrons. The van der Waals surface area contributed by atoms with Crippen LogP contribution in [0.25, 0.3) is 11.1 Å². The molecule has 0 saturated carbocycles. The summed E-state index contributed by atoms with van der Waals surface area (Å²) in [6, 6.07) is 23.5. The fourth-order valence-corrected chi connectivity index (χ4v) is 6.44. The zero-order valence-corrected chi connectivity index (χ0v) is 27.8. The third-order valence-corrected chi connectivity index (χ3v) is 9.09. The highest BCUT2D eigenvalue weighted by Gasteiger charge is 2.20. The number of methoxy groups -OCH3 is 1. The number of aromatic carboxylic acids is 1. The van der Waals surface area contributed by atoms with Crippen molar-refractivity contribution < 1.29 is 14.6 Å². The summed E-state index contributed by atoms with van der Waals surface area (Å²) in [6.45, 7) is 9.70. The summed E-state index contributed by atoms with van der Waals surface area (Å²) < 4.78 is 7.82. The Morgan fingerprint density at radius 2 is 1.70 bits per heavy atom. The standard InChI is InChI=1S/C37H46ClN5O3/c1-3-4-15-35-40-36(38)33(43(35)27-28-16-18-29(19-17-28)30-11-5-6-12-31(30)37(44)45)26-39-20-9-10-21-41-22-24-42(25-23-41)32-13-7-8-14-34(32)46-2/h5-8,11-14,16-19,39H,3-4,9-10,15,20-27H2,1-2H3,(H,44,45). The van der Waals surface area contributed by atoms with Gasteiger partial charge in [-0.25, -0.2) is 9.78 Å². The van der Waals surface area contributed by atoms with Gasteiger partial charge in [0.1, 0.15) is 11.6 Å². The average Bonchev–Trinajstić information content (AvgIpc) is 3.38. The van der Waals surface area contributed by atoms with Crippen LogP contribution in [0.15, 0.2) is 72.8 Å². The maximum absolute atomic E-state index is 11.7. The molecule has 9 heteroatoms. The SMILES string of the molecule is CCCCc1nc(Cl)c(CNCCCCN2CCN(c3ccccc3OC)CC2)n1Cc1ccc(-c2ccccc2C(=O)O)cc1. The molecule has 0 spiro atoms. The van der Waals surface area contributed by atoms with Gasteiger partial charge in [0, 0.05) is 45.7 Å². The van der Waals surface area contributed by atoms with E-state index in [-0.39, 0.29) is 0 Å². The minimum absolute atomic E-state index is 0.304. The predicted octanol–water partition coefficient (Wildman–Crippen LogP) is 6.99. The number of halogens is 1. The second-order valence-electron chi connectivity index (χ2n) is 11.9. The maximum atomic E-state index is 11.7. The highest BCUT2D eigenvalue weighted by molar-refractivity contribution is 6.30. The van der Waals surface area contributed by atoms with Gasteiger partial charge in [0.2, 0.25) is 0 Å². The quantitative estimate of drug-likeness (QED) is 0.127. The zero-order valence-electron chi connectivity index (χ0n) is 27.1. The van der Waals surface area contributed by atoms with Crippen molar-refractivity contribution in [1.29, 1.82) is 0 Å². The lowest BCUT2D eigenvalue weighted by Crippen LogP contribution is -2.46. The van der Waals surface area contributed by atoms with Crippen LogP contribution in [0.1, 0.15) is 60.0 Å². The van der Waals surface area contributed by atoms with E-state index in [0.29, 0.717) is 23.8 Å². The molecule has 1 saturated heterocycles. The van der Waals surface area contributed by atoms with Crippen molar-refractivity contribution >= 4 is 23.3 Å². The lowest BCUT2D eigenvalue weighted by Gasteiger charge is -2.36. The number of nitrogens with one attached hydrogen (secondary N) is 1. The summed E-state index contributed by atoms with van der Waals surface area (Å²) >= 11 is 6.72. The molecule has 4 aromatic rings. The smallest absolute Gasteiger partial charge is 0.336 e. The number of carboxylic acids is 1. The molecule has 0 atom stereocenters. The van der Waals surface area contributed by atoms with Crippen LogP contribution in [-0.4, -0.2) is 71.9 Å². The molecule has 2 heterocycles. The maximum Gasteiger partial charge on any atom is 0.336 e. The fraction of sp³-hybridized carbons (Fsp3) is 0.405. The minimum Gasteiger partial charge on any atom is -0.495 e. The lowest BCUT2D eigenvalue weighted by atomic mass is 9.99. The monoisotopic (exact) mass is 643 g/mol. The Bertz CT molecular complexity index is 1560. The van der Waals surface area contributed by atoms with Gasteiger partial charge in [0.15, 0.2) is 5.15 Å². The van der Waals surface area contributed by atoms with Crippen LogP contribution in [0.4, 0.5) is 5.69 Å². The summed E-state index contributed by atoms with van der Waals surface area (Å²) in [5.74, 6) is 1.03. The number of benzene rings is 3. The van der Waals surface area contributed by atoms with E-state index in [9.17, 15) is 9.90 Å². The number of hydrogen-bond donors (Lipinski definition) is 2. The molecule has 0 bridgehead atoms. The molecule has 5 rings (SSSR count). The van der Waals surface area contributed by atoms with Crippen molar-refractivity contribution in [2.24, 2.45) is 0 Å². The van der Waals surface area contributed by atoms with Gasteiger partial charge in [-0.3, -0.25) is 4.90 Å². The fourth-order valence-electron chi connectivity index (χ4n) is 6.18. The molecule has 0 amide bonds. The predicted molar refractivity (Wildman–Crippen MR) is 186 cm³/mol. The number of carbonyl (C=O) groups is 1. The average molecular weight is 644 g/mol. The number of carboxylic acid groups (broad SMARTS) is 1. The molecule has 2 N–H and O–H groups in total. The summed E-state index contributed by atoms with van der Waals surface area (Å²) in [4.78, 5) is 21.5. The van der Waals surface area contributed by atoms with Crippen LogP contribution >= 0.6 is 11.6 Å². The molecule has 1 aliphatic rings. The summed E-state index contributed by atoms with van der Waals surface area (Å²) in [7, 11) is 1.74. The van der Waals surface area contributed by atoms with Crippen molar-refractivity contribution in [3.63, 3.8) is 0 Å². The van der Waals surface area contributed by atoms with Gasteiger partial charge in [-0.1, -0.05) is 79.5 Å². The van der Waals surface area contributed by atoms with Crippen molar-refractivity contribution in [1.82, 2.24) is 19.8 Å². The van der Waals surface area contributed by atoms with Gasteiger partial charge < -0.3 is 24.6 Å². The molecular weight excluding hydrogens is 598 g/mol. The van der Waals surface area contributed by atoms with E-state index in [4.69, 9.17) is 21.3 Å². The number of rotatable bonds is 16. The van der Waals surface area contributed by atoms with E-state index in [1.807, 2.05) is 36.4 Å². The summed E-state index contributed by atoms with van der Waals surface area (Å²) in [6.07, 6.45) is 5.27. The number of aromatic nitrogens is 2. The molecular formula is C37H46ClN5O3. The molecule has 244 valence electrons. The summed E-state index contributed by atoms with van der Waals surface area (Å²) in [5, 5.41) is 13.8. The van der Waals surface area contributed by atoms with Crippen LogP contribution in [0, 0.1) is 0 Å². The Morgan fingerprint density at radius 1 is 0.957 bits per heavy atom. The first-order valence-corrected chi connectivity index (χ1v) is 16.8. The third-order valence-electron chi connectivity index (χ3n) is 8.79. The van der Waals surface area contributed by atoms with Crippen molar-refractivity contribution in [3.05, 3.63) is 101 Å². The van der Waals surface area contributed by atoms with Gasteiger partial charge in [0.05, 0.1) is 24.1 Å². The van der Waals surface area contributed by atoms with Crippen LogP contribution in [-0.2, 0) is 19.5 Å². The second kappa shape index (κ2) is 16.6. The Labute approximate surface area is 278 Å². The van der Waals surface area contributed by atoms with Crippen LogP contribution in [0.5, 0.6) is 5.75 Å². The van der Waals surface area contributed by atoms with E-state index >= 15 is 0 Å². The highest BCUT2D eigenvalue weighted by Crippen LogP contribution is 2.29. The lowest BCUT2D eigenvalue weighted by molar-refractivity contribution is 0.0697. The van der Waals surface area contributed by atoms with Gasteiger partial charge in [-0.05, 0) is 67.2 Å². The van der Waals surface area contributed by atoms with Gasteiger partial charge in [-0.2, -0.15) is 0 Å². The molecule has 0 unspecified atom stereocenters. The van der Waals surface area contributed by atoms with Crippen molar-refractivity contribution in [2.75, 3.05) is 51.3 Å². The van der Waals surface area contributed by atoms with E-state index in [1.165, 1.54) is 5.69 Å².